The molecule has 0 bridgehead atoms. The Hall–Kier alpha value is -3.87. The molecule has 4 heterocycles. The van der Waals surface area contributed by atoms with Gasteiger partial charge in [-0.15, -0.1) is 0 Å². The Morgan fingerprint density at radius 2 is 1.30 bits per heavy atom. The van der Waals surface area contributed by atoms with Crippen LogP contribution in [0.1, 0.15) is 80.5 Å². The van der Waals surface area contributed by atoms with E-state index >= 15 is 0 Å². The summed E-state index contributed by atoms with van der Waals surface area (Å²) in [6.07, 6.45) is 3.96. The van der Waals surface area contributed by atoms with Crippen molar-refractivity contribution < 1.29 is 33.7 Å². The van der Waals surface area contributed by atoms with E-state index in [1.54, 1.807) is 22.2 Å². The van der Waals surface area contributed by atoms with E-state index in [4.69, 9.17) is 14.6 Å². The van der Waals surface area contributed by atoms with Gasteiger partial charge in [0.05, 0.1) is 31.6 Å². The number of aromatic nitrogens is 4. The molecule has 0 saturated carbocycles. The fourth-order valence-corrected chi connectivity index (χ4v) is 3.88. The van der Waals surface area contributed by atoms with Crippen LogP contribution in [0.5, 0.6) is 0 Å². The van der Waals surface area contributed by atoms with E-state index in [1.165, 1.54) is 7.11 Å². The summed E-state index contributed by atoms with van der Waals surface area (Å²) in [6.45, 7) is 12.6. The molecule has 0 aromatic carbocycles. The van der Waals surface area contributed by atoms with E-state index < -0.39 is 17.2 Å². The van der Waals surface area contributed by atoms with Crippen LogP contribution in [-0.2, 0) is 46.7 Å². The third-order valence-corrected chi connectivity index (χ3v) is 5.75. The van der Waals surface area contributed by atoms with Gasteiger partial charge in [0.25, 0.3) is 0 Å². The van der Waals surface area contributed by atoms with Crippen LogP contribution in [-0.4, -0.2) is 84.4 Å². The number of amides is 2. The lowest BCUT2D eigenvalue weighted by Crippen LogP contribution is -2.40. The van der Waals surface area contributed by atoms with Gasteiger partial charge in [-0.25, -0.2) is 34.3 Å². The van der Waals surface area contributed by atoms with Crippen molar-refractivity contribution in [2.75, 3.05) is 20.2 Å². The van der Waals surface area contributed by atoms with Gasteiger partial charge in [-0.1, -0.05) is 0 Å². The first-order valence-electron chi connectivity index (χ1n) is 13.0. The standard InChI is InChI=1S/C14H19N3O4.C13H19N3O3/c1-14(2,3)21-13(19)17-6-5-9-7-15-11(12(18)20-4)16-10(9)8-17;1-13(2,3)19-12(18)16-5-4-9-6-14-11(8-17)15-10(9)7-16/h7H,5-6,8H2,1-4H3;6,17H,4-5,7-8H2,1-3H3. The zero-order valence-corrected chi connectivity index (χ0v) is 24.2. The second-order valence-corrected chi connectivity index (χ2v) is 11.4. The minimum absolute atomic E-state index is 0.00212. The number of nitrogens with zero attached hydrogens (tertiary/aromatic N) is 6. The van der Waals surface area contributed by atoms with Gasteiger partial charge in [0.15, 0.2) is 5.82 Å². The lowest BCUT2D eigenvalue weighted by Gasteiger charge is -2.30. The summed E-state index contributed by atoms with van der Waals surface area (Å²) in [5, 5.41) is 9.04. The molecule has 0 radical (unpaired) electrons. The van der Waals surface area contributed by atoms with E-state index in [0.29, 0.717) is 50.5 Å². The minimum atomic E-state index is -0.591. The average Bonchev–Trinajstić information content (AvgIpc) is 2.89. The Bertz CT molecular complexity index is 1240. The Labute approximate surface area is 233 Å². The van der Waals surface area contributed by atoms with Crippen LogP contribution >= 0.6 is 0 Å². The van der Waals surface area contributed by atoms with Crippen molar-refractivity contribution in [2.24, 2.45) is 0 Å². The first kappa shape index (κ1) is 30.7. The molecule has 2 amide bonds. The maximum absolute atomic E-state index is 12.1. The Morgan fingerprint density at radius 1 is 0.825 bits per heavy atom. The largest absolute Gasteiger partial charge is 0.463 e. The molecular weight excluding hydrogens is 520 g/mol. The van der Waals surface area contributed by atoms with Gasteiger partial charge in [-0.05, 0) is 65.5 Å². The van der Waals surface area contributed by atoms with E-state index in [9.17, 15) is 14.4 Å². The highest BCUT2D eigenvalue weighted by Crippen LogP contribution is 2.20. The van der Waals surface area contributed by atoms with Crippen molar-refractivity contribution in [3.8, 4) is 0 Å². The molecule has 0 atom stereocenters. The van der Waals surface area contributed by atoms with Crippen LogP contribution in [0, 0.1) is 0 Å². The molecule has 2 aromatic heterocycles. The van der Waals surface area contributed by atoms with Gasteiger partial charge in [-0.2, -0.15) is 0 Å². The fourth-order valence-electron chi connectivity index (χ4n) is 3.88. The quantitative estimate of drug-likeness (QED) is 0.427. The van der Waals surface area contributed by atoms with E-state index in [2.05, 4.69) is 24.7 Å². The molecule has 2 aliphatic rings. The van der Waals surface area contributed by atoms with Gasteiger partial charge in [0.1, 0.15) is 17.8 Å². The van der Waals surface area contributed by atoms with Crippen molar-refractivity contribution in [1.82, 2.24) is 29.7 Å². The predicted molar refractivity (Wildman–Crippen MR) is 142 cm³/mol. The third kappa shape index (κ3) is 8.57. The molecule has 2 aliphatic heterocycles. The van der Waals surface area contributed by atoms with Crippen molar-refractivity contribution in [2.45, 2.75) is 85.3 Å². The first-order chi connectivity index (χ1) is 18.7. The topological polar surface area (TPSA) is 157 Å². The SMILES string of the molecule is CC(C)(C)OC(=O)N1CCc2cnc(CO)nc2C1.COC(=O)c1ncc2c(n1)CN(C(=O)OC(C)(C)C)CC2. The molecule has 1 N–H and O–H groups in total. The van der Waals surface area contributed by atoms with Crippen LogP contribution < -0.4 is 0 Å². The second kappa shape index (κ2) is 12.5. The summed E-state index contributed by atoms with van der Waals surface area (Å²) in [5.41, 5.74) is 2.36. The molecule has 4 rings (SSSR count). The average molecular weight is 559 g/mol. The van der Waals surface area contributed by atoms with Gasteiger partial charge in [0, 0.05) is 25.5 Å². The lowest BCUT2D eigenvalue weighted by atomic mass is 10.1. The number of ether oxygens (including phenoxy) is 3. The van der Waals surface area contributed by atoms with Gasteiger partial charge < -0.3 is 29.1 Å². The molecule has 13 heteroatoms. The molecule has 2 aromatic rings. The number of hydrogen-bond donors (Lipinski definition) is 1. The maximum Gasteiger partial charge on any atom is 0.410 e. The molecule has 40 heavy (non-hydrogen) atoms. The summed E-state index contributed by atoms with van der Waals surface area (Å²) < 4.78 is 15.3. The van der Waals surface area contributed by atoms with Gasteiger partial charge in [0.2, 0.25) is 5.82 Å². The predicted octanol–water partition coefficient (Wildman–Crippen LogP) is 2.82. The van der Waals surface area contributed by atoms with Gasteiger partial charge >= 0.3 is 18.2 Å². The number of hydrogen-bond acceptors (Lipinski definition) is 11. The lowest BCUT2D eigenvalue weighted by molar-refractivity contribution is 0.0210. The summed E-state index contributed by atoms with van der Waals surface area (Å²) in [6, 6.07) is 0. The van der Waals surface area contributed by atoms with Crippen molar-refractivity contribution >= 4 is 18.2 Å². The van der Waals surface area contributed by atoms with Crippen LogP contribution in [0.15, 0.2) is 12.4 Å². The van der Waals surface area contributed by atoms with Crippen molar-refractivity contribution in [1.29, 1.82) is 0 Å². The molecule has 0 unspecified atom stereocenters. The Balaban J connectivity index is 0.000000222. The van der Waals surface area contributed by atoms with Crippen LogP contribution in [0.2, 0.25) is 0 Å². The smallest absolute Gasteiger partial charge is 0.410 e. The van der Waals surface area contributed by atoms with Crippen LogP contribution in [0.25, 0.3) is 0 Å². The first-order valence-corrected chi connectivity index (χ1v) is 13.0. The number of fused-ring (bicyclic) bond motifs is 2. The van der Waals surface area contributed by atoms with Crippen LogP contribution in [0.4, 0.5) is 9.59 Å². The maximum atomic E-state index is 12.1. The molecular formula is C27H38N6O7. The summed E-state index contributed by atoms with van der Waals surface area (Å²) >= 11 is 0. The number of aliphatic hydroxyl groups is 1. The van der Waals surface area contributed by atoms with E-state index in [0.717, 1.165) is 16.8 Å². The number of carbonyl (C=O) groups is 3. The number of methoxy groups -OCH3 is 1. The normalized spacial score (nSPS) is 14.7. The highest BCUT2D eigenvalue weighted by Gasteiger charge is 2.28. The molecule has 0 fully saturated rings. The molecule has 0 spiro atoms. The molecule has 0 aliphatic carbocycles. The highest BCUT2D eigenvalue weighted by atomic mass is 16.6. The van der Waals surface area contributed by atoms with Crippen LogP contribution in [0.3, 0.4) is 0 Å². The number of aliphatic hydroxyl groups excluding tert-OH is 1. The molecule has 0 saturated heterocycles. The Morgan fingerprint density at radius 3 is 1.75 bits per heavy atom. The Kier molecular flexibility index (Phi) is 9.61. The zero-order valence-electron chi connectivity index (χ0n) is 24.2. The summed E-state index contributed by atoms with van der Waals surface area (Å²) in [5.74, 6) is -0.209. The number of esters is 1. The molecule has 218 valence electrons. The minimum Gasteiger partial charge on any atom is -0.463 e. The van der Waals surface area contributed by atoms with E-state index in [-0.39, 0.29) is 24.6 Å². The summed E-state index contributed by atoms with van der Waals surface area (Å²) in [4.78, 5) is 55.1. The zero-order chi connectivity index (χ0) is 29.7. The highest BCUT2D eigenvalue weighted by molar-refractivity contribution is 5.85. The van der Waals surface area contributed by atoms with Crippen molar-refractivity contribution in [3.63, 3.8) is 0 Å². The number of rotatable bonds is 2. The van der Waals surface area contributed by atoms with Crippen molar-refractivity contribution in [3.05, 3.63) is 46.6 Å². The second-order valence-electron chi connectivity index (χ2n) is 11.4. The van der Waals surface area contributed by atoms with Gasteiger partial charge in [-0.3, -0.25) is 0 Å². The summed E-state index contributed by atoms with van der Waals surface area (Å²) in [7, 11) is 1.28. The monoisotopic (exact) mass is 558 g/mol. The molecule has 13 nitrogen and oxygen atoms in total. The fraction of sp³-hybridized carbons (Fsp3) is 0.593. The third-order valence-electron chi connectivity index (χ3n) is 5.75. The number of carbonyl (C=O) groups excluding carboxylic acids is 3. The van der Waals surface area contributed by atoms with E-state index in [1.807, 2.05) is 41.5 Å².